The molecule has 0 atom stereocenters. The number of carboxylic acids is 1. The van der Waals surface area contributed by atoms with Crippen molar-refractivity contribution in [2.45, 2.75) is 53.6 Å². The van der Waals surface area contributed by atoms with Gasteiger partial charge in [0, 0.05) is 67.0 Å². The predicted molar refractivity (Wildman–Crippen MR) is 205 cm³/mol. The van der Waals surface area contributed by atoms with E-state index >= 15 is 0 Å². The van der Waals surface area contributed by atoms with Crippen LogP contribution in [0.2, 0.25) is 10.0 Å². The molecule has 2 N–H and O–H groups in total. The van der Waals surface area contributed by atoms with Crippen molar-refractivity contribution in [1.82, 2.24) is 24.6 Å². The van der Waals surface area contributed by atoms with Gasteiger partial charge < -0.3 is 24.5 Å². The summed E-state index contributed by atoms with van der Waals surface area (Å²) in [6, 6.07) is 14.4. The van der Waals surface area contributed by atoms with Crippen molar-refractivity contribution >= 4 is 46.0 Å². The number of amides is 1. The number of fused-ring (bicyclic) bond motifs is 1. The molecule has 1 amide bonds. The van der Waals surface area contributed by atoms with E-state index in [9.17, 15) is 14.7 Å². The van der Waals surface area contributed by atoms with E-state index in [1.54, 1.807) is 12.1 Å². The topological polar surface area (TPSA) is 111 Å². The summed E-state index contributed by atoms with van der Waals surface area (Å²) < 4.78 is 15.8. The molecule has 1 aliphatic heterocycles. The molecule has 0 aliphatic carbocycles. The second-order valence-corrected chi connectivity index (χ2v) is 14.2. The van der Waals surface area contributed by atoms with Gasteiger partial charge in [0.15, 0.2) is 0 Å². The number of rotatable bonds is 13. The fourth-order valence-corrected chi connectivity index (χ4v) is 7.53. The Morgan fingerprint density at radius 3 is 2.38 bits per heavy atom. The molecule has 12 heteroatoms. The maximum atomic E-state index is 14.6. The van der Waals surface area contributed by atoms with Gasteiger partial charge in [0.2, 0.25) is 0 Å². The Kier molecular flexibility index (Phi) is 11.6. The van der Waals surface area contributed by atoms with Crippen molar-refractivity contribution in [3.63, 3.8) is 0 Å². The zero-order valence-corrected chi connectivity index (χ0v) is 31.8. The van der Waals surface area contributed by atoms with E-state index in [4.69, 9.17) is 37.8 Å². The molecule has 0 spiro atoms. The van der Waals surface area contributed by atoms with Crippen molar-refractivity contribution in [1.29, 1.82) is 0 Å². The number of morpholine rings is 1. The van der Waals surface area contributed by atoms with E-state index in [0.717, 1.165) is 74.0 Å². The minimum absolute atomic E-state index is 0.164. The third kappa shape index (κ3) is 7.85. The van der Waals surface area contributed by atoms with Crippen LogP contribution in [0, 0.1) is 27.7 Å². The van der Waals surface area contributed by atoms with Crippen molar-refractivity contribution in [3.05, 3.63) is 103 Å². The zero-order valence-electron chi connectivity index (χ0n) is 30.3. The van der Waals surface area contributed by atoms with Crippen LogP contribution in [-0.4, -0.2) is 75.7 Å². The molecule has 0 radical (unpaired) electrons. The smallest absolute Gasteiger partial charge is 0.335 e. The first-order valence-corrected chi connectivity index (χ1v) is 18.3. The van der Waals surface area contributed by atoms with E-state index in [0.29, 0.717) is 62.0 Å². The Bertz CT molecular complexity index is 2110. The lowest BCUT2D eigenvalue weighted by atomic mass is 9.98. The number of aromatic carboxylic acids is 1. The number of nitrogens with one attached hydrogen (secondary N) is 1. The third-order valence-corrected chi connectivity index (χ3v) is 10.8. The highest BCUT2D eigenvalue weighted by Gasteiger charge is 2.28. The molecule has 0 bridgehead atoms. The van der Waals surface area contributed by atoms with E-state index in [1.807, 2.05) is 69.8 Å². The quantitative estimate of drug-likeness (QED) is 0.120. The Balaban J connectivity index is 1.44. The van der Waals surface area contributed by atoms with E-state index in [2.05, 4.69) is 14.8 Å². The monoisotopic (exact) mass is 745 g/mol. The number of carbonyl (C=O) groups excluding carboxylic acids is 1. The molecule has 1 fully saturated rings. The van der Waals surface area contributed by atoms with Crippen LogP contribution in [0.4, 0.5) is 0 Å². The Morgan fingerprint density at radius 2 is 1.71 bits per heavy atom. The number of carboxylic acid groups (broad SMARTS) is 1. The molecule has 2 aromatic heterocycles. The number of halogens is 2. The van der Waals surface area contributed by atoms with Crippen LogP contribution >= 0.6 is 23.2 Å². The number of hydrogen-bond donors (Lipinski definition) is 2. The molecule has 6 rings (SSSR count). The summed E-state index contributed by atoms with van der Waals surface area (Å²) in [5, 5.41) is 19.6. The van der Waals surface area contributed by atoms with Crippen LogP contribution in [0.15, 0.2) is 48.5 Å². The highest BCUT2D eigenvalue weighted by Crippen LogP contribution is 2.42. The summed E-state index contributed by atoms with van der Waals surface area (Å²) in [6.45, 7) is 12.7. The van der Waals surface area contributed by atoms with Gasteiger partial charge in [0.05, 0.1) is 41.6 Å². The third-order valence-electron chi connectivity index (χ3n) is 9.87. The largest absolute Gasteiger partial charge is 0.494 e. The first-order valence-electron chi connectivity index (χ1n) is 17.6. The van der Waals surface area contributed by atoms with Crippen LogP contribution in [-0.2, 0) is 31.3 Å². The standard InChI is InChI=1S/C40H45Cl2N5O5/c1-24-20-30(21-25(2)36(24)42)52-17-7-10-31-32-11-12-33(41)35(34-26(3)44-45(5)27(34)4)37(32)47(14-13-46-15-18-51-19-16-46)38(31)39(48)43-23-28-8-6-9-29(22-28)40(49)50/h6,8-9,11-12,20-22H,7,10,13-19,23H2,1-5H3,(H,43,48)(H,49,50). The minimum atomic E-state index is -1.02. The zero-order chi connectivity index (χ0) is 37.1. The van der Waals surface area contributed by atoms with Crippen molar-refractivity contribution < 1.29 is 24.2 Å². The predicted octanol–water partition coefficient (Wildman–Crippen LogP) is 7.55. The highest BCUT2D eigenvalue weighted by atomic mass is 35.5. The lowest BCUT2D eigenvalue weighted by Crippen LogP contribution is -2.38. The fraction of sp³-hybridized carbons (Fsp3) is 0.375. The fourth-order valence-electron chi connectivity index (χ4n) is 7.18. The van der Waals surface area contributed by atoms with Gasteiger partial charge in [-0.15, -0.1) is 0 Å². The van der Waals surface area contributed by atoms with E-state index < -0.39 is 5.97 Å². The number of aryl methyl sites for hydroxylation is 5. The summed E-state index contributed by atoms with van der Waals surface area (Å²) >= 11 is 13.5. The number of hydrogen-bond acceptors (Lipinski definition) is 6. The molecule has 3 aromatic carbocycles. The summed E-state index contributed by atoms with van der Waals surface area (Å²) in [5.41, 5.74) is 8.73. The lowest BCUT2D eigenvalue weighted by Gasteiger charge is -2.27. The number of nitrogens with zero attached hydrogens (tertiary/aromatic N) is 4. The van der Waals surface area contributed by atoms with Crippen LogP contribution in [0.25, 0.3) is 22.0 Å². The van der Waals surface area contributed by atoms with Gasteiger partial charge in [-0.3, -0.25) is 14.4 Å². The molecular formula is C40H45Cl2N5O5. The summed E-state index contributed by atoms with van der Waals surface area (Å²) in [6.07, 6.45) is 1.21. The molecule has 10 nitrogen and oxygen atoms in total. The average molecular weight is 747 g/mol. The number of benzene rings is 3. The SMILES string of the molecule is Cc1cc(OCCCc2c(C(=O)NCc3cccc(C(=O)O)c3)n(CCN3CCOCC3)c3c(-c4c(C)nn(C)c4C)c(Cl)ccc23)cc(C)c1Cl. The molecule has 3 heterocycles. The van der Waals surface area contributed by atoms with Crippen LogP contribution in [0.5, 0.6) is 5.75 Å². The van der Waals surface area contributed by atoms with E-state index in [1.165, 1.54) is 6.07 Å². The van der Waals surface area contributed by atoms with E-state index in [-0.39, 0.29) is 18.0 Å². The average Bonchev–Trinajstić information content (AvgIpc) is 3.58. The van der Waals surface area contributed by atoms with Crippen LogP contribution < -0.4 is 10.1 Å². The molecule has 1 saturated heterocycles. The Morgan fingerprint density at radius 1 is 0.981 bits per heavy atom. The van der Waals surface area contributed by atoms with Gasteiger partial charge in [0.25, 0.3) is 5.91 Å². The van der Waals surface area contributed by atoms with Crippen LogP contribution in [0.3, 0.4) is 0 Å². The lowest BCUT2D eigenvalue weighted by molar-refractivity contribution is 0.0364. The molecular weight excluding hydrogens is 701 g/mol. The second kappa shape index (κ2) is 16.1. The van der Waals surface area contributed by atoms with Crippen molar-refractivity contribution in [2.24, 2.45) is 7.05 Å². The van der Waals surface area contributed by atoms with Crippen LogP contribution in [0.1, 0.15) is 60.9 Å². The van der Waals surface area contributed by atoms with Gasteiger partial charge in [-0.25, -0.2) is 4.79 Å². The molecule has 0 saturated carbocycles. The second-order valence-electron chi connectivity index (χ2n) is 13.4. The number of aromatic nitrogens is 3. The molecule has 52 heavy (non-hydrogen) atoms. The first-order chi connectivity index (χ1) is 24.9. The van der Waals surface area contributed by atoms with Crippen molar-refractivity contribution in [3.8, 4) is 16.9 Å². The minimum Gasteiger partial charge on any atom is -0.494 e. The number of ether oxygens (including phenoxy) is 2. The summed E-state index contributed by atoms with van der Waals surface area (Å²) in [5.74, 6) is -0.513. The van der Waals surface area contributed by atoms with Gasteiger partial charge in [-0.1, -0.05) is 41.4 Å². The van der Waals surface area contributed by atoms with Gasteiger partial charge in [-0.2, -0.15) is 5.10 Å². The van der Waals surface area contributed by atoms with Gasteiger partial charge >= 0.3 is 5.97 Å². The van der Waals surface area contributed by atoms with Crippen molar-refractivity contribution in [2.75, 3.05) is 39.5 Å². The molecule has 274 valence electrons. The maximum absolute atomic E-state index is 14.6. The maximum Gasteiger partial charge on any atom is 0.335 e. The van der Waals surface area contributed by atoms with Gasteiger partial charge in [-0.05, 0) is 93.1 Å². The first kappa shape index (κ1) is 37.4. The Hall–Kier alpha value is -4.35. The molecule has 5 aromatic rings. The molecule has 0 unspecified atom stereocenters. The summed E-state index contributed by atoms with van der Waals surface area (Å²) in [4.78, 5) is 28.6. The normalized spacial score (nSPS) is 13.5. The molecule has 1 aliphatic rings. The number of carbonyl (C=O) groups is 2. The summed E-state index contributed by atoms with van der Waals surface area (Å²) in [7, 11) is 1.92. The van der Waals surface area contributed by atoms with Gasteiger partial charge in [0.1, 0.15) is 11.4 Å². The highest BCUT2D eigenvalue weighted by molar-refractivity contribution is 6.35. The Labute approximate surface area is 314 Å².